The van der Waals surface area contributed by atoms with E-state index < -0.39 is 0 Å². The third-order valence-electron chi connectivity index (χ3n) is 0.487. The van der Waals surface area contributed by atoms with Crippen LogP contribution in [-0.4, -0.2) is 0 Å². The molecule has 0 nitrogen and oxygen atoms in total. The second-order valence-corrected chi connectivity index (χ2v) is 1.42. The summed E-state index contributed by atoms with van der Waals surface area (Å²) in [6.07, 6.45) is 0. The molecule has 40 valence electrons. The normalized spacial score (nSPS) is 16.4. The molecule has 0 aliphatic heterocycles. The summed E-state index contributed by atoms with van der Waals surface area (Å²) >= 11 is 3.80. The molecular weight excluding hydrogens is 136 g/mol. The highest BCUT2D eigenvalue weighted by molar-refractivity contribution is 7.80. The Morgan fingerprint density at radius 1 is 1.25 bits per heavy atom. The molecule has 0 bridgehead atoms. The molecule has 0 unspecified atom stereocenters. The number of rotatable bonds is 0. The maximum absolute atomic E-state index is 7.24. The molecule has 0 spiro atoms. The fourth-order valence-corrected chi connectivity index (χ4v) is 0.355. The molecule has 0 amide bonds. The number of hydrogen-bond acceptors (Lipinski definition) is 1. The van der Waals surface area contributed by atoms with Crippen molar-refractivity contribution < 1.29 is 6.85 Å². The minimum atomic E-state index is -0.386. The second-order valence-electron chi connectivity index (χ2n) is 0.974. The van der Waals surface area contributed by atoms with Crippen LogP contribution in [0.4, 0.5) is 0 Å². The molecule has 1 aromatic rings. The van der Waals surface area contributed by atoms with Crippen LogP contribution in [0.25, 0.3) is 0 Å². The van der Waals surface area contributed by atoms with E-state index in [1.807, 2.05) is 0 Å². The molecule has 0 atom stereocenters. The maximum Gasteiger partial charge on any atom is 2.00 e. The molecule has 0 N–H and O–H groups in total. The third kappa shape index (κ3) is 2.28. The van der Waals surface area contributed by atoms with Gasteiger partial charge in [0, 0.05) is 4.90 Å². The Balaban J connectivity index is 0.00000144. The van der Waals surface area contributed by atoms with Gasteiger partial charge in [0.25, 0.3) is 0 Å². The van der Waals surface area contributed by atoms with Gasteiger partial charge in [-0.05, 0) is 12.1 Å². The molecule has 4 radical (unpaired) electrons. The van der Waals surface area contributed by atoms with Crippen molar-refractivity contribution in [2.75, 3.05) is 0 Å². The minimum absolute atomic E-state index is 0. The summed E-state index contributed by atoms with van der Waals surface area (Å²) in [5.41, 5.74) is 0. The van der Waals surface area contributed by atoms with Crippen molar-refractivity contribution in [3.63, 3.8) is 0 Å². The van der Waals surface area contributed by atoms with E-state index >= 15 is 0 Å². The largest absolute Gasteiger partial charge is 2.00 e. The average molecular weight is 147 g/mol. The van der Waals surface area contributed by atoms with Gasteiger partial charge in [-0.25, -0.2) is 0 Å². The summed E-state index contributed by atoms with van der Waals surface area (Å²) in [5.74, 6) is 0. The van der Waals surface area contributed by atoms with Crippen LogP contribution < -0.4 is 0 Å². The molecule has 0 aromatic heterocycles. The summed E-state index contributed by atoms with van der Waals surface area (Å²) in [5, 5.41) is 0. The van der Waals surface area contributed by atoms with Crippen molar-refractivity contribution in [1.82, 2.24) is 0 Å². The van der Waals surface area contributed by atoms with Crippen LogP contribution >= 0.6 is 12.6 Å². The van der Waals surface area contributed by atoms with Crippen LogP contribution in [0.2, 0.25) is 0 Å². The zero-order chi connectivity index (χ0) is 9.46. The standard InChI is InChI=1S/C6H6S.S/c7-6-4-2-1-3-5-6;/h1-5,7H;/q;+2/i1D,2D,3D,4D,5D;. The fourth-order valence-electron chi connectivity index (χ4n) is 0.243. The van der Waals surface area contributed by atoms with Crippen molar-refractivity contribution in [2.45, 2.75) is 4.90 Å². The Morgan fingerprint density at radius 3 is 2.25 bits per heavy atom. The number of benzene rings is 1. The molecular formula is C6H6S2+2. The van der Waals surface area contributed by atoms with Crippen LogP contribution in [0.1, 0.15) is 6.85 Å². The van der Waals surface area contributed by atoms with Gasteiger partial charge in [-0.15, -0.1) is 12.6 Å². The quantitative estimate of drug-likeness (QED) is 0.533. The Labute approximate surface area is 68.8 Å². The SMILES string of the molecule is [2H]c1c([2H])c([2H])c(S)c([2H])c1[2H].[S+2]. The van der Waals surface area contributed by atoms with Gasteiger partial charge >= 0.3 is 13.5 Å². The van der Waals surface area contributed by atoms with Crippen molar-refractivity contribution in [3.05, 3.63) is 30.2 Å². The predicted molar refractivity (Wildman–Crippen MR) is 41.1 cm³/mol. The van der Waals surface area contributed by atoms with Crippen LogP contribution in [-0.2, 0) is 13.5 Å². The van der Waals surface area contributed by atoms with Gasteiger partial charge in [0.05, 0.1) is 6.85 Å². The molecule has 0 saturated carbocycles. The first-order chi connectivity index (χ1) is 5.46. The van der Waals surface area contributed by atoms with Crippen molar-refractivity contribution in [2.24, 2.45) is 0 Å². The summed E-state index contributed by atoms with van der Waals surface area (Å²) < 4.78 is 36.0. The molecule has 1 rings (SSSR count). The molecule has 0 fully saturated rings. The summed E-state index contributed by atoms with van der Waals surface area (Å²) in [7, 11) is 0. The maximum atomic E-state index is 7.24. The minimum Gasteiger partial charge on any atom is -0.143 e. The molecule has 2 heteroatoms. The third-order valence-corrected chi connectivity index (χ3v) is 0.710. The second kappa shape index (κ2) is 3.87. The number of hydrogen-bond donors (Lipinski definition) is 1. The molecule has 8 heavy (non-hydrogen) atoms. The van der Waals surface area contributed by atoms with Gasteiger partial charge in [0.15, 0.2) is 0 Å². The van der Waals surface area contributed by atoms with E-state index in [0.717, 1.165) is 0 Å². The lowest BCUT2D eigenvalue weighted by Crippen LogP contribution is -1.56. The van der Waals surface area contributed by atoms with Crippen molar-refractivity contribution in [1.29, 1.82) is 0 Å². The topological polar surface area (TPSA) is 0 Å². The monoisotopic (exact) mass is 147 g/mol. The fraction of sp³-hybridized carbons (Fsp3) is 0. The van der Waals surface area contributed by atoms with Crippen LogP contribution in [0, 0.1) is 0 Å². The molecule has 0 heterocycles. The Morgan fingerprint density at radius 2 is 1.75 bits per heavy atom. The van der Waals surface area contributed by atoms with Gasteiger partial charge in [-0.1, -0.05) is 18.1 Å². The van der Waals surface area contributed by atoms with Gasteiger partial charge in [0.2, 0.25) is 0 Å². The van der Waals surface area contributed by atoms with Gasteiger partial charge < -0.3 is 0 Å². The molecule has 1 aromatic carbocycles. The molecule has 0 aliphatic rings. The number of thiol groups is 1. The highest BCUT2D eigenvalue weighted by atomic mass is 32.1. The van der Waals surface area contributed by atoms with Gasteiger partial charge in [-0.3, -0.25) is 0 Å². The lowest BCUT2D eigenvalue weighted by atomic mass is 10.4. The van der Waals surface area contributed by atoms with E-state index in [1.165, 1.54) is 0 Å². The Hall–Kier alpha value is -0.0800. The zero-order valence-electron chi connectivity index (χ0n) is 8.86. The summed E-state index contributed by atoms with van der Waals surface area (Å²) in [6.45, 7) is 0. The highest BCUT2D eigenvalue weighted by Crippen LogP contribution is 2.00. The van der Waals surface area contributed by atoms with E-state index in [0.29, 0.717) is 0 Å². The van der Waals surface area contributed by atoms with E-state index in [4.69, 9.17) is 6.85 Å². The predicted octanol–water partition coefficient (Wildman–Crippen LogP) is 1.97. The first-order valence-corrected chi connectivity index (χ1v) is 2.17. The smallest absolute Gasteiger partial charge is 0.143 e. The van der Waals surface area contributed by atoms with E-state index in [1.54, 1.807) is 0 Å². The van der Waals surface area contributed by atoms with E-state index in [2.05, 4.69) is 12.6 Å². The van der Waals surface area contributed by atoms with E-state index in [9.17, 15) is 0 Å². The lowest BCUT2D eigenvalue weighted by Gasteiger charge is -1.81. The Kier molecular flexibility index (Phi) is 1.29. The summed E-state index contributed by atoms with van der Waals surface area (Å²) in [4.78, 5) is -0.0130. The van der Waals surface area contributed by atoms with Crippen LogP contribution in [0.3, 0.4) is 0 Å². The van der Waals surface area contributed by atoms with Crippen LogP contribution in [0.15, 0.2) is 35.1 Å². The lowest BCUT2D eigenvalue weighted by molar-refractivity contribution is 1.48. The highest BCUT2D eigenvalue weighted by Gasteiger charge is 2.00. The zero-order valence-corrected chi connectivity index (χ0v) is 5.57. The van der Waals surface area contributed by atoms with Crippen molar-refractivity contribution >= 4 is 26.1 Å². The van der Waals surface area contributed by atoms with Crippen molar-refractivity contribution in [3.8, 4) is 0 Å². The van der Waals surface area contributed by atoms with Gasteiger partial charge in [0.1, 0.15) is 0 Å². The molecule has 0 aliphatic carbocycles. The van der Waals surface area contributed by atoms with Gasteiger partial charge in [-0.2, -0.15) is 0 Å². The Bertz CT molecular complexity index is 233. The van der Waals surface area contributed by atoms with Crippen LogP contribution in [0.5, 0.6) is 0 Å². The average Bonchev–Trinajstić information content (AvgIpc) is 2.08. The molecule has 0 saturated heterocycles. The summed E-state index contributed by atoms with van der Waals surface area (Å²) in [6, 6.07) is -1.60. The first-order valence-electron chi connectivity index (χ1n) is 4.22. The van der Waals surface area contributed by atoms with E-state index in [-0.39, 0.29) is 48.6 Å². The first kappa shape index (κ1) is 2.67.